The number of pyridine rings is 1. The van der Waals surface area contributed by atoms with Crippen molar-refractivity contribution >= 4 is 64.6 Å². The van der Waals surface area contributed by atoms with Gasteiger partial charge in [0.15, 0.2) is 5.69 Å². The number of rotatable bonds is 5. The van der Waals surface area contributed by atoms with Crippen LogP contribution in [0, 0.1) is 6.92 Å². The van der Waals surface area contributed by atoms with Gasteiger partial charge in [-0.05, 0) is 96.8 Å². The van der Waals surface area contributed by atoms with E-state index in [1.54, 1.807) is 66.1 Å². The molecule has 11 heteroatoms. The second-order valence-corrected chi connectivity index (χ2v) is 13.8. The fraction of sp³-hybridized carbons (Fsp3) is 0.179. The fourth-order valence-corrected chi connectivity index (χ4v) is 6.97. The van der Waals surface area contributed by atoms with Gasteiger partial charge in [-0.25, -0.2) is 19.4 Å². The number of halogens is 1. The number of carbonyl (C=O) groups is 3. The highest BCUT2D eigenvalue weighted by atomic mass is 35.5. The lowest BCUT2D eigenvalue weighted by Crippen LogP contribution is -2.15. The first-order valence-corrected chi connectivity index (χ1v) is 16.9. The Morgan fingerprint density at radius 1 is 0.920 bits per heavy atom. The number of carboxylic acids is 3. The van der Waals surface area contributed by atoms with Crippen LogP contribution in [0.15, 0.2) is 95.5 Å². The molecule has 9 nitrogen and oxygen atoms in total. The summed E-state index contributed by atoms with van der Waals surface area (Å²) in [6, 6.07) is 24.2. The Kier molecular flexibility index (Phi) is 10.8. The van der Waals surface area contributed by atoms with Crippen LogP contribution >= 0.6 is 23.4 Å². The van der Waals surface area contributed by atoms with E-state index < -0.39 is 17.9 Å². The van der Waals surface area contributed by atoms with E-state index in [9.17, 15) is 14.4 Å². The monoisotopic (exact) mass is 710 g/mol. The standard InChI is InChI=1S/C20H20O2S.C10H7ClO3.C9H8N2O2/c1-13(10-14-4-6-15(7-5-14)19(21)22)16-8-9-18-17(11-16)20(2,3)12-23-18;11-8-1-2-9-6(4-8)3-7(5-14-9)10(12)13;1-6-8(9(12)13)11-5-3-2-4-7(11)10-6/h4-11H,12H2,1-3H3,(H,21,22);1-4H,5H2,(H,12,13);2-5H,1H3,(H,12,13). The molecular weight excluding hydrogens is 676 g/mol. The minimum Gasteiger partial charge on any atom is -0.488 e. The van der Waals surface area contributed by atoms with Crippen molar-refractivity contribution in [2.75, 3.05) is 12.4 Å². The molecule has 0 fully saturated rings. The van der Waals surface area contributed by atoms with Crippen LogP contribution in [0.2, 0.25) is 5.02 Å². The quantitative estimate of drug-likeness (QED) is 0.153. The summed E-state index contributed by atoms with van der Waals surface area (Å²) < 4.78 is 6.81. The third kappa shape index (κ3) is 8.27. The molecule has 0 saturated carbocycles. The maximum absolute atomic E-state index is 10.9. The normalized spacial score (nSPS) is 14.1. The van der Waals surface area contributed by atoms with Crippen molar-refractivity contribution < 1.29 is 34.4 Å². The Morgan fingerprint density at radius 2 is 1.64 bits per heavy atom. The number of benzene rings is 3. The molecule has 2 aliphatic rings. The first kappa shape index (κ1) is 36.0. The molecule has 3 N–H and O–H groups in total. The lowest BCUT2D eigenvalue weighted by atomic mass is 9.85. The van der Waals surface area contributed by atoms with Gasteiger partial charge in [-0.1, -0.05) is 55.8 Å². The zero-order valence-corrected chi connectivity index (χ0v) is 29.4. The number of ether oxygens (including phenoxy) is 1. The maximum Gasteiger partial charge on any atom is 0.354 e. The molecule has 0 spiro atoms. The highest BCUT2D eigenvalue weighted by Gasteiger charge is 2.30. The molecule has 0 radical (unpaired) electrons. The molecule has 2 aliphatic heterocycles. The summed E-state index contributed by atoms with van der Waals surface area (Å²) in [4.78, 5) is 37.9. The van der Waals surface area contributed by atoms with E-state index in [0.29, 0.717) is 33.2 Å². The summed E-state index contributed by atoms with van der Waals surface area (Å²) in [5.74, 6) is -1.01. The molecule has 50 heavy (non-hydrogen) atoms. The molecule has 0 unspecified atom stereocenters. The highest BCUT2D eigenvalue weighted by Crippen LogP contribution is 2.44. The minimum atomic E-state index is -0.962. The van der Waals surface area contributed by atoms with Gasteiger partial charge >= 0.3 is 17.9 Å². The molecule has 0 amide bonds. The van der Waals surface area contributed by atoms with Crippen molar-refractivity contribution in [3.63, 3.8) is 0 Å². The van der Waals surface area contributed by atoms with Crippen LogP contribution in [0.5, 0.6) is 5.75 Å². The summed E-state index contributed by atoms with van der Waals surface area (Å²) in [5, 5.41) is 27.2. The molecule has 3 aromatic carbocycles. The molecular formula is C39H35ClN2O7S. The molecule has 7 rings (SSSR count). The second-order valence-electron chi connectivity index (χ2n) is 12.4. The number of aromatic carboxylic acids is 2. The Hall–Kier alpha value is -5.32. The van der Waals surface area contributed by atoms with Gasteiger partial charge in [0.05, 0.1) is 16.8 Å². The molecule has 0 saturated heterocycles. The van der Waals surface area contributed by atoms with Gasteiger partial charge in [-0.2, -0.15) is 0 Å². The first-order chi connectivity index (χ1) is 23.7. The van der Waals surface area contributed by atoms with Gasteiger partial charge in [0.2, 0.25) is 0 Å². The number of hydrogen-bond donors (Lipinski definition) is 3. The van der Waals surface area contributed by atoms with Gasteiger partial charge in [-0.15, -0.1) is 11.8 Å². The van der Waals surface area contributed by atoms with Gasteiger partial charge < -0.3 is 20.1 Å². The number of nitrogens with zero attached hydrogens (tertiary/aromatic N) is 2. The van der Waals surface area contributed by atoms with Crippen LogP contribution in [0.4, 0.5) is 0 Å². The topological polar surface area (TPSA) is 138 Å². The summed E-state index contributed by atoms with van der Waals surface area (Å²) in [5.41, 5.74) is 7.77. The van der Waals surface area contributed by atoms with E-state index in [1.165, 1.54) is 21.6 Å². The van der Waals surface area contributed by atoms with Gasteiger partial charge in [0.1, 0.15) is 18.0 Å². The Bertz CT molecular complexity index is 2170. The van der Waals surface area contributed by atoms with E-state index in [4.69, 9.17) is 31.7 Å². The number of aliphatic carboxylic acids is 1. The van der Waals surface area contributed by atoms with Gasteiger partial charge in [-0.3, -0.25) is 4.40 Å². The van der Waals surface area contributed by atoms with Crippen LogP contribution in [0.3, 0.4) is 0 Å². The molecule has 5 aromatic rings. The molecule has 0 bridgehead atoms. The van der Waals surface area contributed by atoms with Gasteiger partial charge in [0, 0.05) is 32.8 Å². The Labute approximate surface area is 298 Å². The van der Waals surface area contributed by atoms with E-state index in [1.807, 2.05) is 30.0 Å². The predicted molar refractivity (Wildman–Crippen MR) is 197 cm³/mol. The number of aryl methyl sites for hydroxylation is 1. The van der Waals surface area contributed by atoms with Crippen LogP contribution in [-0.4, -0.2) is 55.0 Å². The average Bonchev–Trinajstić information content (AvgIpc) is 3.59. The average molecular weight is 711 g/mol. The minimum absolute atomic E-state index is 0.101. The summed E-state index contributed by atoms with van der Waals surface area (Å²) in [7, 11) is 0. The van der Waals surface area contributed by atoms with Crippen molar-refractivity contribution in [1.29, 1.82) is 0 Å². The van der Waals surface area contributed by atoms with Crippen LogP contribution in [-0.2, 0) is 10.2 Å². The number of carboxylic acid groups (broad SMARTS) is 3. The second kappa shape index (κ2) is 15.1. The molecule has 4 heterocycles. The first-order valence-electron chi connectivity index (χ1n) is 15.6. The lowest BCUT2D eigenvalue weighted by Gasteiger charge is -2.18. The lowest BCUT2D eigenvalue weighted by molar-refractivity contribution is -0.133. The third-order valence-corrected chi connectivity index (χ3v) is 9.93. The molecule has 0 aliphatic carbocycles. The Morgan fingerprint density at radius 3 is 2.32 bits per heavy atom. The summed E-state index contributed by atoms with van der Waals surface area (Å²) >= 11 is 7.70. The van der Waals surface area contributed by atoms with Crippen LogP contribution < -0.4 is 4.74 Å². The SMILES string of the molecule is CC(=Cc1ccc(C(=O)O)cc1)c1ccc2c(c1)C(C)(C)CS2.Cc1nc2ccccn2c1C(=O)O.O=C(O)C1=Cc2cc(Cl)ccc2OC1. The largest absolute Gasteiger partial charge is 0.488 e. The van der Waals surface area contributed by atoms with E-state index in [-0.39, 0.29) is 23.3 Å². The smallest absolute Gasteiger partial charge is 0.354 e. The van der Waals surface area contributed by atoms with E-state index in [0.717, 1.165) is 11.3 Å². The van der Waals surface area contributed by atoms with E-state index in [2.05, 4.69) is 50.0 Å². The zero-order valence-electron chi connectivity index (χ0n) is 27.8. The zero-order chi connectivity index (χ0) is 36.2. The maximum atomic E-state index is 10.9. The summed E-state index contributed by atoms with van der Waals surface area (Å²) in [6.45, 7) is 8.47. The fourth-order valence-electron chi connectivity index (χ4n) is 5.46. The number of thioether (sulfide) groups is 1. The van der Waals surface area contributed by atoms with E-state index >= 15 is 0 Å². The van der Waals surface area contributed by atoms with Crippen LogP contribution in [0.25, 0.3) is 23.4 Å². The number of hydrogen-bond acceptors (Lipinski definition) is 6. The number of aromatic nitrogens is 2. The highest BCUT2D eigenvalue weighted by molar-refractivity contribution is 7.99. The summed E-state index contributed by atoms with van der Waals surface area (Å²) in [6.07, 6.45) is 5.37. The molecule has 256 valence electrons. The molecule has 2 aromatic heterocycles. The van der Waals surface area contributed by atoms with Crippen LogP contribution in [0.1, 0.15) is 69.6 Å². The van der Waals surface area contributed by atoms with Crippen molar-refractivity contribution in [2.45, 2.75) is 38.0 Å². The third-order valence-electron chi connectivity index (χ3n) is 8.16. The number of fused-ring (bicyclic) bond motifs is 3. The number of imidazole rings is 1. The van der Waals surface area contributed by atoms with Crippen molar-refractivity contribution in [1.82, 2.24) is 9.38 Å². The van der Waals surface area contributed by atoms with Crippen molar-refractivity contribution in [2.24, 2.45) is 0 Å². The molecule has 0 atom stereocenters. The van der Waals surface area contributed by atoms with Crippen molar-refractivity contribution in [3.05, 3.63) is 135 Å². The Balaban J connectivity index is 0.000000155. The predicted octanol–water partition coefficient (Wildman–Crippen LogP) is 8.87. The number of allylic oxidation sites excluding steroid dienone is 1. The van der Waals surface area contributed by atoms with Gasteiger partial charge in [0.25, 0.3) is 0 Å². The van der Waals surface area contributed by atoms with Crippen molar-refractivity contribution in [3.8, 4) is 5.75 Å².